The maximum absolute atomic E-state index is 11.9. The van der Waals surface area contributed by atoms with E-state index >= 15 is 0 Å². The molecule has 0 spiro atoms. The van der Waals surface area contributed by atoms with E-state index in [4.69, 9.17) is 0 Å². The van der Waals surface area contributed by atoms with Gasteiger partial charge in [0.2, 0.25) is 0 Å². The molecule has 0 aliphatic rings. The molecule has 2 aromatic rings. The predicted molar refractivity (Wildman–Crippen MR) is 61.1 cm³/mol. The molecule has 0 saturated heterocycles. The summed E-state index contributed by atoms with van der Waals surface area (Å²) < 4.78 is 1.99. The number of thiophene rings is 1. The molecular weight excluding hydrogens is 278 g/mol. The Kier molecular flexibility index (Phi) is 2.97. The predicted octanol–water partition coefficient (Wildman–Crippen LogP) is 2.06. The summed E-state index contributed by atoms with van der Waals surface area (Å²) >= 11 is 4.78. The highest BCUT2D eigenvalue weighted by atomic mass is 79.9. The van der Waals surface area contributed by atoms with Crippen molar-refractivity contribution >= 4 is 33.0 Å². The maximum atomic E-state index is 11.9. The molecule has 0 aromatic carbocycles. The van der Waals surface area contributed by atoms with Crippen molar-refractivity contribution < 1.29 is 4.79 Å². The van der Waals surface area contributed by atoms with Gasteiger partial charge in [-0.05, 0) is 27.4 Å². The third kappa shape index (κ3) is 2.15. The van der Waals surface area contributed by atoms with Crippen molar-refractivity contribution in [1.29, 1.82) is 0 Å². The first-order valence-electron chi connectivity index (χ1n) is 4.29. The highest BCUT2D eigenvalue weighted by Crippen LogP contribution is 2.17. The van der Waals surface area contributed by atoms with Crippen LogP contribution in [0.25, 0.3) is 0 Å². The summed E-state index contributed by atoms with van der Waals surface area (Å²) in [6.45, 7) is 0. The first kappa shape index (κ1) is 10.5. The standard InChI is InChI=1S/C9H8BrN3OS/c1-13-8(9(10)11-12-13)7(14)5-6-3-2-4-15-6/h2-4H,5H2,1H3. The van der Waals surface area contributed by atoms with Crippen LogP contribution in [-0.4, -0.2) is 20.8 Å². The normalized spacial score (nSPS) is 10.5. The molecule has 2 aromatic heterocycles. The monoisotopic (exact) mass is 285 g/mol. The number of halogens is 1. The first-order valence-corrected chi connectivity index (χ1v) is 5.96. The van der Waals surface area contributed by atoms with Gasteiger partial charge >= 0.3 is 0 Å². The number of aromatic nitrogens is 3. The lowest BCUT2D eigenvalue weighted by molar-refractivity contribution is 0.0984. The van der Waals surface area contributed by atoms with Gasteiger partial charge in [-0.1, -0.05) is 11.3 Å². The van der Waals surface area contributed by atoms with Crippen molar-refractivity contribution in [3.63, 3.8) is 0 Å². The molecule has 0 saturated carbocycles. The molecule has 0 unspecified atom stereocenters. The molecule has 0 fully saturated rings. The Morgan fingerprint density at radius 2 is 2.47 bits per heavy atom. The Labute approximate surface area is 99.0 Å². The first-order chi connectivity index (χ1) is 7.18. The largest absolute Gasteiger partial charge is 0.292 e. The van der Waals surface area contributed by atoms with Crippen LogP contribution >= 0.6 is 27.3 Å². The molecular formula is C9H8BrN3OS. The molecule has 0 aliphatic heterocycles. The molecule has 0 amide bonds. The molecule has 4 nitrogen and oxygen atoms in total. The van der Waals surface area contributed by atoms with Gasteiger partial charge in [0.15, 0.2) is 10.4 Å². The van der Waals surface area contributed by atoms with Crippen molar-refractivity contribution in [2.45, 2.75) is 6.42 Å². The van der Waals surface area contributed by atoms with E-state index in [2.05, 4.69) is 26.2 Å². The summed E-state index contributed by atoms with van der Waals surface area (Å²) in [4.78, 5) is 12.9. The minimum Gasteiger partial charge on any atom is -0.292 e. The van der Waals surface area contributed by atoms with Crippen LogP contribution in [0, 0.1) is 0 Å². The molecule has 2 heterocycles. The molecule has 0 radical (unpaired) electrons. The second kappa shape index (κ2) is 4.24. The number of ketones is 1. The Balaban J connectivity index is 2.22. The molecule has 0 aliphatic carbocycles. The Morgan fingerprint density at radius 1 is 1.67 bits per heavy atom. The highest BCUT2D eigenvalue weighted by molar-refractivity contribution is 9.10. The summed E-state index contributed by atoms with van der Waals surface area (Å²) in [5.74, 6) is 0.0248. The maximum Gasteiger partial charge on any atom is 0.188 e. The van der Waals surface area contributed by atoms with Gasteiger partial charge in [0.1, 0.15) is 5.69 Å². The molecule has 0 bridgehead atoms. The number of nitrogens with zero attached hydrogens (tertiary/aromatic N) is 3. The lowest BCUT2D eigenvalue weighted by Crippen LogP contribution is -2.09. The van der Waals surface area contributed by atoms with E-state index in [-0.39, 0.29) is 5.78 Å². The van der Waals surface area contributed by atoms with E-state index in [0.29, 0.717) is 16.7 Å². The van der Waals surface area contributed by atoms with E-state index in [9.17, 15) is 4.79 Å². The van der Waals surface area contributed by atoms with Crippen molar-refractivity contribution in [3.8, 4) is 0 Å². The Hall–Kier alpha value is -1.01. The molecule has 78 valence electrons. The van der Waals surface area contributed by atoms with Crippen LogP contribution in [0.4, 0.5) is 0 Å². The molecule has 15 heavy (non-hydrogen) atoms. The van der Waals surface area contributed by atoms with E-state index in [1.54, 1.807) is 18.4 Å². The highest BCUT2D eigenvalue weighted by Gasteiger charge is 2.17. The van der Waals surface area contributed by atoms with Crippen LogP contribution in [0.5, 0.6) is 0 Å². The van der Waals surface area contributed by atoms with Gasteiger partial charge in [-0.15, -0.1) is 16.4 Å². The van der Waals surface area contributed by atoms with Gasteiger partial charge in [-0.2, -0.15) is 0 Å². The molecule has 0 N–H and O–H groups in total. The minimum atomic E-state index is 0.0248. The third-order valence-electron chi connectivity index (χ3n) is 1.96. The molecule has 6 heteroatoms. The van der Waals surface area contributed by atoms with Gasteiger partial charge < -0.3 is 0 Å². The number of Topliss-reactive ketones (excluding diaryl/α,β-unsaturated/α-hetero) is 1. The zero-order valence-electron chi connectivity index (χ0n) is 7.98. The van der Waals surface area contributed by atoms with Crippen LogP contribution in [0.3, 0.4) is 0 Å². The number of rotatable bonds is 3. The summed E-state index contributed by atoms with van der Waals surface area (Å²) in [5, 5.41) is 9.51. The second-order valence-electron chi connectivity index (χ2n) is 3.03. The number of carbonyl (C=O) groups excluding carboxylic acids is 1. The van der Waals surface area contributed by atoms with E-state index < -0.39 is 0 Å². The minimum absolute atomic E-state index is 0.0248. The van der Waals surface area contributed by atoms with Crippen molar-refractivity contribution in [3.05, 3.63) is 32.7 Å². The Morgan fingerprint density at radius 3 is 3.00 bits per heavy atom. The quantitative estimate of drug-likeness (QED) is 0.811. The van der Waals surface area contributed by atoms with E-state index in [1.807, 2.05) is 17.5 Å². The average molecular weight is 286 g/mol. The van der Waals surface area contributed by atoms with Gasteiger partial charge in [-0.3, -0.25) is 4.79 Å². The molecule has 2 rings (SSSR count). The average Bonchev–Trinajstić information content (AvgIpc) is 2.77. The fourth-order valence-corrected chi connectivity index (χ4v) is 2.53. The van der Waals surface area contributed by atoms with Crippen LogP contribution in [0.1, 0.15) is 15.4 Å². The Bertz CT molecular complexity index is 458. The second-order valence-corrected chi connectivity index (χ2v) is 4.82. The van der Waals surface area contributed by atoms with Crippen molar-refractivity contribution in [2.75, 3.05) is 0 Å². The van der Waals surface area contributed by atoms with Crippen molar-refractivity contribution in [2.24, 2.45) is 7.05 Å². The lowest BCUT2D eigenvalue weighted by Gasteiger charge is -1.98. The smallest absolute Gasteiger partial charge is 0.188 e. The molecule has 0 atom stereocenters. The van der Waals surface area contributed by atoms with Crippen molar-refractivity contribution in [1.82, 2.24) is 15.0 Å². The zero-order chi connectivity index (χ0) is 10.8. The van der Waals surface area contributed by atoms with E-state index in [0.717, 1.165) is 4.88 Å². The van der Waals surface area contributed by atoms with Gasteiger partial charge in [-0.25, -0.2) is 4.68 Å². The van der Waals surface area contributed by atoms with Crippen LogP contribution in [0.2, 0.25) is 0 Å². The summed E-state index contributed by atoms with van der Waals surface area (Å²) in [6.07, 6.45) is 0.400. The number of carbonyl (C=O) groups is 1. The fraction of sp³-hybridized carbons (Fsp3) is 0.222. The number of hydrogen-bond donors (Lipinski definition) is 0. The fourth-order valence-electron chi connectivity index (χ4n) is 1.28. The van der Waals surface area contributed by atoms with Crippen LogP contribution < -0.4 is 0 Å². The van der Waals surface area contributed by atoms with E-state index in [1.165, 1.54) is 4.68 Å². The van der Waals surface area contributed by atoms with Crippen LogP contribution in [0.15, 0.2) is 22.1 Å². The summed E-state index contributed by atoms with van der Waals surface area (Å²) in [7, 11) is 1.71. The zero-order valence-corrected chi connectivity index (χ0v) is 10.4. The van der Waals surface area contributed by atoms with Gasteiger partial charge in [0.05, 0.1) is 0 Å². The SMILES string of the molecule is Cn1nnc(Br)c1C(=O)Cc1cccs1. The summed E-state index contributed by atoms with van der Waals surface area (Å²) in [5.41, 5.74) is 0.517. The summed E-state index contributed by atoms with van der Waals surface area (Å²) in [6, 6.07) is 3.88. The van der Waals surface area contributed by atoms with Gasteiger partial charge in [0.25, 0.3) is 0 Å². The lowest BCUT2D eigenvalue weighted by atomic mass is 10.2. The van der Waals surface area contributed by atoms with Gasteiger partial charge in [0, 0.05) is 18.3 Å². The number of hydrogen-bond acceptors (Lipinski definition) is 4. The van der Waals surface area contributed by atoms with Crippen LogP contribution in [-0.2, 0) is 13.5 Å². The third-order valence-corrected chi connectivity index (χ3v) is 3.38. The number of aryl methyl sites for hydroxylation is 1. The topological polar surface area (TPSA) is 47.8 Å².